The van der Waals surface area contributed by atoms with Gasteiger partial charge in [0.25, 0.3) is 11.5 Å². The number of nitrogens with zero attached hydrogens (tertiary/aromatic N) is 4. The molecule has 4 aromatic carbocycles. The summed E-state index contributed by atoms with van der Waals surface area (Å²) < 4.78 is 17.3. The molecule has 4 aliphatic rings. The summed E-state index contributed by atoms with van der Waals surface area (Å²) in [5.74, 6) is 3.07. The highest BCUT2D eigenvalue weighted by atomic mass is 16.5. The molecule has 12 rings (SSSR count). The van der Waals surface area contributed by atoms with Crippen molar-refractivity contribution in [2.45, 2.75) is 51.1 Å². The number of aromatic nitrogens is 4. The van der Waals surface area contributed by atoms with Crippen molar-refractivity contribution in [3.8, 4) is 23.0 Å². The SMILES string of the molecule is CC(C)(C)c1cc[n+]2c3c1c1ccccc1n3-c1cccc3c1C21c2c(ccc4c5cccc6c5n(c24)-c2c(ccc[n+]21)C6(C)C)O3. The molecule has 0 bridgehead atoms. The van der Waals surface area contributed by atoms with Crippen LogP contribution in [0.15, 0.2) is 103 Å². The van der Waals surface area contributed by atoms with Crippen molar-refractivity contribution in [2.24, 2.45) is 0 Å². The molecule has 4 aliphatic heterocycles. The largest absolute Gasteiger partial charge is 0.456 e. The topological polar surface area (TPSA) is 26.8 Å². The van der Waals surface area contributed by atoms with Gasteiger partial charge in [0.15, 0.2) is 5.52 Å². The second-order valence-corrected chi connectivity index (χ2v) is 15.4. The van der Waals surface area contributed by atoms with Crippen molar-refractivity contribution >= 4 is 43.7 Å². The molecule has 0 fully saturated rings. The average Bonchev–Trinajstić information content (AvgIpc) is 3.59. The molecule has 224 valence electrons. The van der Waals surface area contributed by atoms with Gasteiger partial charge in [0.1, 0.15) is 39.3 Å². The Morgan fingerprint density at radius 2 is 1.40 bits per heavy atom. The summed E-state index contributed by atoms with van der Waals surface area (Å²) >= 11 is 0. The molecule has 5 nitrogen and oxygen atoms in total. The fourth-order valence-corrected chi connectivity index (χ4v) is 10.0. The van der Waals surface area contributed by atoms with E-state index >= 15 is 0 Å². The number of fused-ring (bicyclic) bond motifs is 5. The van der Waals surface area contributed by atoms with Crippen LogP contribution >= 0.6 is 0 Å². The van der Waals surface area contributed by atoms with Gasteiger partial charge < -0.3 is 4.74 Å². The number of para-hydroxylation sites is 2. The summed E-state index contributed by atoms with van der Waals surface area (Å²) in [4.78, 5) is 0. The molecular weight excluding hydrogens is 576 g/mol. The zero-order valence-corrected chi connectivity index (χ0v) is 27.0. The van der Waals surface area contributed by atoms with Gasteiger partial charge in [-0.25, -0.2) is 0 Å². The van der Waals surface area contributed by atoms with E-state index < -0.39 is 5.66 Å². The van der Waals surface area contributed by atoms with Crippen molar-refractivity contribution in [1.29, 1.82) is 0 Å². The standard InChI is InChI=1S/C42H32N4O/c1-40(2,3)26-20-22-44-39-33(26)25-11-6-7-15-29(25)45(39)30-16-9-17-31-34(30)42(44)35-32(47-31)19-18-24-23-12-8-13-27-36(23)46(37(24)35)38-28(41(27,4)5)14-10-21-43(38)42/h6-22H,1-5H3/q+2. The molecule has 5 heteroatoms. The normalized spacial score (nSPS) is 18.7. The minimum Gasteiger partial charge on any atom is -0.456 e. The maximum absolute atomic E-state index is 7.01. The molecule has 0 N–H and O–H groups in total. The summed E-state index contributed by atoms with van der Waals surface area (Å²) in [6.45, 7) is 11.8. The minimum absolute atomic E-state index is 0.0485. The first kappa shape index (κ1) is 24.8. The van der Waals surface area contributed by atoms with Gasteiger partial charge in [-0.3, -0.25) is 0 Å². The summed E-state index contributed by atoms with van der Waals surface area (Å²) in [6.07, 6.45) is 4.69. The van der Waals surface area contributed by atoms with Gasteiger partial charge in [-0.05, 0) is 71.6 Å². The van der Waals surface area contributed by atoms with Gasteiger partial charge in [-0.15, -0.1) is 0 Å². The van der Waals surface area contributed by atoms with Crippen LogP contribution < -0.4 is 13.9 Å². The smallest absolute Gasteiger partial charge is 0.321 e. The lowest BCUT2D eigenvalue weighted by Gasteiger charge is -2.43. The lowest BCUT2D eigenvalue weighted by molar-refractivity contribution is -0.961. The molecule has 0 amide bonds. The summed E-state index contributed by atoms with van der Waals surface area (Å²) in [5, 5.41) is 5.18. The van der Waals surface area contributed by atoms with Crippen LogP contribution in [0.5, 0.6) is 11.5 Å². The molecule has 47 heavy (non-hydrogen) atoms. The predicted molar refractivity (Wildman–Crippen MR) is 184 cm³/mol. The maximum Gasteiger partial charge on any atom is 0.321 e. The quantitative estimate of drug-likeness (QED) is 0.159. The summed E-state index contributed by atoms with van der Waals surface area (Å²) in [5.41, 5.74) is 11.7. The molecule has 0 saturated heterocycles. The van der Waals surface area contributed by atoms with Gasteiger partial charge in [0.2, 0.25) is 0 Å². The van der Waals surface area contributed by atoms with Crippen LogP contribution in [0.3, 0.4) is 0 Å². The molecule has 8 heterocycles. The van der Waals surface area contributed by atoms with Crippen LogP contribution in [-0.2, 0) is 16.5 Å². The van der Waals surface area contributed by atoms with E-state index in [-0.39, 0.29) is 10.8 Å². The predicted octanol–water partition coefficient (Wildman–Crippen LogP) is 8.42. The molecule has 0 aliphatic carbocycles. The molecule has 8 aromatic rings. The van der Waals surface area contributed by atoms with E-state index in [2.05, 4.69) is 156 Å². The fourth-order valence-electron chi connectivity index (χ4n) is 10.0. The van der Waals surface area contributed by atoms with E-state index in [1.165, 1.54) is 83.1 Å². The molecule has 1 atom stereocenters. The Hall–Kier alpha value is -5.42. The lowest BCUT2D eigenvalue weighted by atomic mass is 9.74. The van der Waals surface area contributed by atoms with Crippen LogP contribution in [0, 0.1) is 0 Å². The monoisotopic (exact) mass is 608 g/mol. The zero-order valence-electron chi connectivity index (χ0n) is 27.0. The Balaban J connectivity index is 1.43. The maximum atomic E-state index is 7.01. The number of ether oxygens (including phenoxy) is 1. The van der Waals surface area contributed by atoms with Crippen LogP contribution in [0.4, 0.5) is 0 Å². The first-order valence-electron chi connectivity index (χ1n) is 16.7. The molecule has 1 spiro atoms. The number of hydrogen-bond donors (Lipinski definition) is 0. The van der Waals surface area contributed by atoms with E-state index in [1.807, 2.05) is 0 Å². The zero-order chi connectivity index (χ0) is 31.4. The Morgan fingerprint density at radius 1 is 0.638 bits per heavy atom. The van der Waals surface area contributed by atoms with E-state index in [0.29, 0.717) is 0 Å². The van der Waals surface area contributed by atoms with Gasteiger partial charge in [-0.1, -0.05) is 65.0 Å². The third kappa shape index (κ3) is 2.37. The van der Waals surface area contributed by atoms with Crippen LogP contribution in [0.1, 0.15) is 62.4 Å². The molecule has 4 aromatic heterocycles. The van der Waals surface area contributed by atoms with Crippen molar-refractivity contribution in [2.75, 3.05) is 0 Å². The van der Waals surface area contributed by atoms with Crippen molar-refractivity contribution in [1.82, 2.24) is 9.13 Å². The van der Waals surface area contributed by atoms with Crippen molar-refractivity contribution in [3.05, 3.63) is 131 Å². The van der Waals surface area contributed by atoms with Gasteiger partial charge in [0.05, 0.1) is 23.3 Å². The van der Waals surface area contributed by atoms with Crippen LogP contribution in [-0.4, -0.2) is 9.13 Å². The highest BCUT2D eigenvalue weighted by Gasteiger charge is 2.65. The van der Waals surface area contributed by atoms with Gasteiger partial charge >= 0.3 is 5.66 Å². The number of hydrogen-bond acceptors (Lipinski definition) is 1. The molecule has 1 unspecified atom stereocenters. The summed E-state index contributed by atoms with van der Waals surface area (Å²) in [7, 11) is 0. The second kappa shape index (κ2) is 7.26. The molecule has 0 saturated carbocycles. The second-order valence-electron chi connectivity index (χ2n) is 15.4. The highest BCUT2D eigenvalue weighted by Crippen LogP contribution is 2.58. The summed E-state index contributed by atoms with van der Waals surface area (Å²) in [6, 6.07) is 33.9. The fraction of sp³-hybridized carbons (Fsp3) is 0.190. The van der Waals surface area contributed by atoms with Crippen molar-refractivity contribution in [3.63, 3.8) is 0 Å². The number of rotatable bonds is 0. The lowest BCUT2D eigenvalue weighted by Crippen LogP contribution is -2.79. The number of pyridine rings is 2. The first-order valence-corrected chi connectivity index (χ1v) is 16.7. The van der Waals surface area contributed by atoms with Crippen LogP contribution in [0.2, 0.25) is 0 Å². The van der Waals surface area contributed by atoms with E-state index in [1.54, 1.807) is 0 Å². The van der Waals surface area contributed by atoms with Gasteiger partial charge in [-0.2, -0.15) is 18.3 Å². The third-order valence-corrected chi connectivity index (χ3v) is 11.8. The Morgan fingerprint density at radius 3 is 2.28 bits per heavy atom. The number of benzene rings is 4. The molecule has 0 radical (unpaired) electrons. The minimum atomic E-state index is -0.721. The van der Waals surface area contributed by atoms with Crippen molar-refractivity contribution < 1.29 is 13.9 Å². The van der Waals surface area contributed by atoms with Gasteiger partial charge in [0, 0.05) is 27.1 Å². The van der Waals surface area contributed by atoms with E-state index in [0.717, 1.165) is 11.5 Å². The molecular formula is C42H32N4O+2. The highest BCUT2D eigenvalue weighted by molar-refractivity contribution is 6.14. The third-order valence-electron chi connectivity index (χ3n) is 11.8. The van der Waals surface area contributed by atoms with E-state index in [9.17, 15) is 0 Å². The Labute approximate surface area is 271 Å². The Bertz CT molecular complexity index is 2840. The van der Waals surface area contributed by atoms with E-state index in [4.69, 9.17) is 4.74 Å². The first-order chi connectivity index (χ1) is 22.7. The Kier molecular flexibility index (Phi) is 3.83. The average molecular weight is 609 g/mol. The van der Waals surface area contributed by atoms with Crippen LogP contribution in [0.25, 0.3) is 55.2 Å².